The molecule has 0 aliphatic carbocycles. The first-order valence-electron chi connectivity index (χ1n) is 7.32. The second-order valence-electron chi connectivity index (χ2n) is 5.12. The monoisotopic (exact) mass is 358 g/mol. The molecule has 0 radical (unpaired) electrons. The number of nitrogens with zero attached hydrogens (tertiary/aromatic N) is 2. The number of benzene rings is 1. The maximum atomic E-state index is 12.4. The van der Waals surface area contributed by atoms with E-state index >= 15 is 0 Å². The van der Waals surface area contributed by atoms with E-state index in [2.05, 4.69) is 15.4 Å². The number of carbonyl (C=O) groups excluding carboxylic acids is 1. The predicted octanol–water partition coefficient (Wildman–Crippen LogP) is 1.13. The minimum atomic E-state index is -1.19. The van der Waals surface area contributed by atoms with Gasteiger partial charge in [-0.3, -0.25) is 19.5 Å². The number of amides is 1. The van der Waals surface area contributed by atoms with Crippen LogP contribution in [-0.2, 0) is 10.5 Å². The molecule has 0 fully saturated rings. The van der Waals surface area contributed by atoms with Crippen molar-refractivity contribution in [1.82, 2.24) is 19.9 Å². The van der Waals surface area contributed by atoms with Crippen molar-refractivity contribution >= 4 is 29.3 Å². The molecule has 2 heterocycles. The summed E-state index contributed by atoms with van der Waals surface area (Å²) < 4.78 is 1.53. The van der Waals surface area contributed by atoms with Gasteiger partial charge in [0.05, 0.1) is 0 Å². The molecular weight excluding hydrogens is 344 g/mol. The van der Waals surface area contributed by atoms with Crippen LogP contribution in [0.15, 0.2) is 52.5 Å². The summed E-state index contributed by atoms with van der Waals surface area (Å²) in [5, 5.41) is 14.3. The summed E-state index contributed by atoms with van der Waals surface area (Å²) in [7, 11) is 0. The molecule has 1 aromatic carbocycles. The summed E-state index contributed by atoms with van der Waals surface area (Å²) in [4.78, 5) is 39.1. The van der Waals surface area contributed by atoms with E-state index in [1.165, 1.54) is 28.7 Å². The van der Waals surface area contributed by atoms with E-state index in [1.54, 1.807) is 0 Å². The number of fused-ring (bicyclic) bond motifs is 1. The number of aliphatic carboxylic acids is 1. The number of carbonyl (C=O) groups is 2. The SMILES string of the molecule is O=C(O)CNC(=O)c1c(=O)cc(SCc2ccccc2)n2[nH]cnc12. The van der Waals surface area contributed by atoms with E-state index in [9.17, 15) is 14.4 Å². The van der Waals surface area contributed by atoms with Crippen LogP contribution >= 0.6 is 11.8 Å². The summed E-state index contributed by atoms with van der Waals surface area (Å²) in [6, 6.07) is 11.1. The zero-order valence-electron chi connectivity index (χ0n) is 12.9. The number of carboxylic acid groups (broad SMARTS) is 1. The molecule has 0 saturated heterocycles. The Morgan fingerprint density at radius 1 is 1.28 bits per heavy atom. The number of aromatic nitrogens is 3. The van der Waals surface area contributed by atoms with Gasteiger partial charge in [0.15, 0.2) is 11.1 Å². The minimum absolute atomic E-state index is 0.158. The maximum Gasteiger partial charge on any atom is 0.322 e. The van der Waals surface area contributed by atoms with Crippen molar-refractivity contribution in [2.24, 2.45) is 0 Å². The van der Waals surface area contributed by atoms with Crippen LogP contribution in [0.25, 0.3) is 5.65 Å². The fraction of sp³-hybridized carbons (Fsp3) is 0.125. The Morgan fingerprint density at radius 3 is 2.76 bits per heavy atom. The van der Waals surface area contributed by atoms with Gasteiger partial charge in [-0.1, -0.05) is 30.3 Å². The highest BCUT2D eigenvalue weighted by atomic mass is 32.2. The second kappa shape index (κ2) is 7.22. The molecule has 0 spiro atoms. The van der Waals surface area contributed by atoms with Gasteiger partial charge in [-0.2, -0.15) is 0 Å². The molecule has 128 valence electrons. The van der Waals surface area contributed by atoms with Crippen molar-refractivity contribution in [2.45, 2.75) is 10.8 Å². The number of hydrogen-bond acceptors (Lipinski definition) is 5. The largest absolute Gasteiger partial charge is 0.480 e. The normalized spacial score (nSPS) is 10.7. The van der Waals surface area contributed by atoms with Crippen molar-refractivity contribution in [1.29, 1.82) is 0 Å². The molecule has 0 bridgehead atoms. The molecule has 2 aromatic heterocycles. The van der Waals surface area contributed by atoms with Crippen molar-refractivity contribution in [3.8, 4) is 0 Å². The maximum absolute atomic E-state index is 12.4. The number of hydrogen-bond donors (Lipinski definition) is 3. The van der Waals surface area contributed by atoms with Crippen molar-refractivity contribution in [3.05, 3.63) is 64.1 Å². The van der Waals surface area contributed by atoms with Crippen molar-refractivity contribution in [3.63, 3.8) is 0 Å². The summed E-state index contributed by atoms with van der Waals surface area (Å²) in [5.74, 6) is -1.32. The molecule has 0 unspecified atom stereocenters. The number of rotatable bonds is 6. The van der Waals surface area contributed by atoms with Gasteiger partial charge in [0.1, 0.15) is 23.5 Å². The first-order chi connectivity index (χ1) is 12.1. The number of H-pyrrole nitrogens is 1. The summed E-state index contributed by atoms with van der Waals surface area (Å²) in [5.41, 5.74) is 0.555. The molecular formula is C16H14N4O4S. The van der Waals surface area contributed by atoms with Crippen LogP contribution in [0.5, 0.6) is 0 Å². The summed E-state index contributed by atoms with van der Waals surface area (Å²) >= 11 is 1.43. The third kappa shape index (κ3) is 3.72. The fourth-order valence-corrected chi connectivity index (χ4v) is 3.23. The van der Waals surface area contributed by atoms with Gasteiger partial charge in [0.2, 0.25) is 0 Å². The van der Waals surface area contributed by atoms with E-state index < -0.39 is 23.9 Å². The van der Waals surface area contributed by atoms with Gasteiger partial charge in [-0.25, -0.2) is 9.50 Å². The number of pyridine rings is 1. The number of carboxylic acids is 1. The van der Waals surface area contributed by atoms with Crippen LogP contribution in [0, 0.1) is 0 Å². The van der Waals surface area contributed by atoms with Crippen LogP contribution in [0.3, 0.4) is 0 Å². The summed E-state index contributed by atoms with van der Waals surface area (Å²) in [6.07, 6.45) is 1.37. The molecule has 3 aromatic rings. The van der Waals surface area contributed by atoms with E-state index in [-0.39, 0.29) is 11.2 Å². The van der Waals surface area contributed by atoms with Gasteiger partial charge in [-0.05, 0) is 5.56 Å². The molecule has 8 nitrogen and oxygen atoms in total. The zero-order chi connectivity index (χ0) is 17.8. The number of thioether (sulfide) groups is 1. The lowest BCUT2D eigenvalue weighted by Crippen LogP contribution is -2.33. The van der Waals surface area contributed by atoms with E-state index in [0.717, 1.165) is 5.56 Å². The molecule has 3 N–H and O–H groups in total. The highest BCUT2D eigenvalue weighted by molar-refractivity contribution is 7.98. The van der Waals surface area contributed by atoms with Crippen LogP contribution < -0.4 is 10.7 Å². The van der Waals surface area contributed by atoms with Gasteiger partial charge in [0, 0.05) is 11.8 Å². The molecule has 0 atom stereocenters. The Bertz CT molecular complexity index is 981. The Morgan fingerprint density at radius 2 is 2.04 bits per heavy atom. The Hall–Kier alpha value is -3.07. The first kappa shape index (κ1) is 16.8. The molecule has 0 aliphatic heterocycles. The van der Waals surface area contributed by atoms with Gasteiger partial charge >= 0.3 is 5.97 Å². The Balaban J connectivity index is 1.91. The highest BCUT2D eigenvalue weighted by Crippen LogP contribution is 2.22. The molecule has 25 heavy (non-hydrogen) atoms. The zero-order valence-corrected chi connectivity index (χ0v) is 13.7. The van der Waals surface area contributed by atoms with E-state index in [4.69, 9.17) is 5.11 Å². The van der Waals surface area contributed by atoms with Gasteiger partial charge in [0.25, 0.3) is 5.91 Å². The Labute approximate surface area is 145 Å². The predicted molar refractivity (Wildman–Crippen MR) is 91.8 cm³/mol. The number of nitrogens with one attached hydrogen (secondary N) is 2. The lowest BCUT2D eigenvalue weighted by molar-refractivity contribution is -0.135. The molecule has 0 aliphatic rings. The third-order valence-corrected chi connectivity index (χ3v) is 4.46. The topological polar surface area (TPSA) is 117 Å². The Kier molecular flexibility index (Phi) is 4.85. The number of aromatic amines is 1. The average Bonchev–Trinajstić information content (AvgIpc) is 3.08. The second-order valence-corrected chi connectivity index (χ2v) is 6.11. The van der Waals surface area contributed by atoms with Crippen LogP contribution in [-0.4, -0.2) is 38.1 Å². The molecule has 9 heteroatoms. The van der Waals surface area contributed by atoms with Gasteiger partial charge in [-0.15, -0.1) is 11.8 Å². The molecule has 1 amide bonds. The first-order valence-corrected chi connectivity index (χ1v) is 8.30. The van der Waals surface area contributed by atoms with Crippen molar-refractivity contribution < 1.29 is 14.7 Å². The highest BCUT2D eigenvalue weighted by Gasteiger charge is 2.19. The van der Waals surface area contributed by atoms with Crippen LogP contribution in [0.2, 0.25) is 0 Å². The molecule has 0 saturated carbocycles. The van der Waals surface area contributed by atoms with E-state index in [0.29, 0.717) is 10.8 Å². The lowest BCUT2D eigenvalue weighted by atomic mass is 10.2. The minimum Gasteiger partial charge on any atom is -0.480 e. The van der Waals surface area contributed by atoms with Gasteiger partial charge < -0.3 is 10.4 Å². The standard InChI is InChI=1S/C16H14N4O4S/c21-11-6-12(25-8-10-4-2-1-3-5-10)20-15(18-9-19-20)14(11)16(24)17-7-13(22)23/h1-6,9H,7-8H2,(H,17,24)(H,18,19)(H,22,23). The quantitative estimate of drug-likeness (QED) is 0.569. The third-order valence-electron chi connectivity index (χ3n) is 3.39. The molecule has 3 rings (SSSR count). The fourth-order valence-electron chi connectivity index (χ4n) is 2.27. The van der Waals surface area contributed by atoms with Crippen LogP contribution in [0.1, 0.15) is 15.9 Å². The smallest absolute Gasteiger partial charge is 0.322 e. The summed E-state index contributed by atoms with van der Waals surface area (Å²) in [6.45, 7) is -0.570. The van der Waals surface area contributed by atoms with E-state index in [1.807, 2.05) is 30.3 Å². The van der Waals surface area contributed by atoms with Crippen LogP contribution in [0.4, 0.5) is 0 Å². The average molecular weight is 358 g/mol. The lowest BCUT2D eigenvalue weighted by Gasteiger charge is -2.08. The van der Waals surface area contributed by atoms with Crippen molar-refractivity contribution in [2.75, 3.05) is 6.54 Å².